The molecule has 0 amide bonds. The van der Waals surface area contributed by atoms with Crippen molar-refractivity contribution in [3.8, 4) is 17.2 Å². The Hall–Kier alpha value is -2.60. The zero-order chi connectivity index (χ0) is 12.5. The van der Waals surface area contributed by atoms with Gasteiger partial charge in [-0.15, -0.1) is 0 Å². The molecule has 0 saturated heterocycles. The van der Waals surface area contributed by atoms with E-state index in [4.69, 9.17) is 0 Å². The average molecular weight is 233 g/mol. The van der Waals surface area contributed by atoms with E-state index >= 15 is 0 Å². The Labute approximate surface area is 105 Å². The van der Waals surface area contributed by atoms with Gasteiger partial charge in [-0.25, -0.2) is 0 Å². The van der Waals surface area contributed by atoms with Crippen molar-refractivity contribution >= 4 is 10.9 Å². The molecule has 3 nitrogen and oxygen atoms in total. The fourth-order valence-corrected chi connectivity index (χ4v) is 2.28. The monoisotopic (exact) mass is 233 g/mol. The van der Waals surface area contributed by atoms with E-state index in [-0.39, 0.29) is 0 Å². The van der Waals surface area contributed by atoms with E-state index < -0.39 is 0 Å². The van der Waals surface area contributed by atoms with Gasteiger partial charge in [-0.3, -0.25) is 5.10 Å². The van der Waals surface area contributed by atoms with Crippen molar-refractivity contribution in [1.29, 1.82) is 5.26 Å². The molecule has 1 aromatic heterocycles. The van der Waals surface area contributed by atoms with E-state index in [1.165, 1.54) is 0 Å². The van der Waals surface area contributed by atoms with Crippen molar-refractivity contribution < 1.29 is 0 Å². The van der Waals surface area contributed by atoms with Gasteiger partial charge in [-0.1, -0.05) is 24.3 Å². The molecule has 2 aromatic carbocycles. The van der Waals surface area contributed by atoms with Gasteiger partial charge in [-0.05, 0) is 30.2 Å². The van der Waals surface area contributed by atoms with Crippen LogP contribution in [0.2, 0.25) is 0 Å². The number of fused-ring (bicyclic) bond motifs is 1. The number of nitriles is 1. The largest absolute Gasteiger partial charge is 0.278 e. The van der Waals surface area contributed by atoms with Crippen LogP contribution in [0.1, 0.15) is 11.1 Å². The maximum absolute atomic E-state index is 9.22. The standard InChI is InChI=1S/C15H11N3/c1-10-6-7-14-13(9-17-18-14)15(10)12-5-3-2-4-11(12)8-16/h2-7,9H,1H3,(H,17,18). The zero-order valence-corrected chi connectivity index (χ0v) is 9.94. The van der Waals surface area contributed by atoms with Crippen molar-refractivity contribution in [1.82, 2.24) is 10.2 Å². The smallest absolute Gasteiger partial charge is 0.0998 e. The maximum atomic E-state index is 9.22. The van der Waals surface area contributed by atoms with E-state index in [0.717, 1.165) is 27.6 Å². The number of nitrogens with one attached hydrogen (secondary N) is 1. The van der Waals surface area contributed by atoms with Crippen LogP contribution < -0.4 is 0 Å². The topological polar surface area (TPSA) is 52.5 Å². The molecular weight excluding hydrogens is 222 g/mol. The Bertz CT molecular complexity index is 763. The Balaban J connectivity index is 2.41. The number of nitrogens with zero attached hydrogens (tertiary/aromatic N) is 2. The lowest BCUT2D eigenvalue weighted by atomic mass is 9.94. The fourth-order valence-electron chi connectivity index (χ4n) is 2.28. The van der Waals surface area contributed by atoms with E-state index in [9.17, 15) is 5.26 Å². The normalized spacial score (nSPS) is 10.4. The third-order valence-corrected chi connectivity index (χ3v) is 3.15. The predicted octanol–water partition coefficient (Wildman–Crippen LogP) is 3.41. The minimum atomic E-state index is 0.689. The molecule has 3 heteroatoms. The van der Waals surface area contributed by atoms with Crippen LogP contribution in [-0.2, 0) is 0 Å². The molecule has 1 N–H and O–H groups in total. The first-order chi connectivity index (χ1) is 8.81. The number of hydrogen-bond acceptors (Lipinski definition) is 2. The highest BCUT2D eigenvalue weighted by molar-refractivity contribution is 5.97. The van der Waals surface area contributed by atoms with Crippen LogP contribution in [-0.4, -0.2) is 10.2 Å². The first-order valence-electron chi connectivity index (χ1n) is 5.73. The number of benzene rings is 2. The highest BCUT2D eigenvalue weighted by Crippen LogP contribution is 2.32. The van der Waals surface area contributed by atoms with Crippen LogP contribution in [0, 0.1) is 18.3 Å². The van der Waals surface area contributed by atoms with Crippen molar-refractivity contribution in [2.75, 3.05) is 0 Å². The van der Waals surface area contributed by atoms with E-state index in [0.29, 0.717) is 5.56 Å². The summed E-state index contributed by atoms with van der Waals surface area (Å²) in [7, 11) is 0. The number of aromatic nitrogens is 2. The van der Waals surface area contributed by atoms with E-state index in [1.54, 1.807) is 0 Å². The van der Waals surface area contributed by atoms with Crippen LogP contribution in [0.3, 0.4) is 0 Å². The van der Waals surface area contributed by atoms with Crippen LogP contribution in [0.15, 0.2) is 42.6 Å². The van der Waals surface area contributed by atoms with Gasteiger partial charge in [0.2, 0.25) is 0 Å². The molecule has 0 aliphatic carbocycles. The maximum Gasteiger partial charge on any atom is 0.0998 e. The molecule has 0 atom stereocenters. The minimum Gasteiger partial charge on any atom is -0.278 e. The summed E-state index contributed by atoms with van der Waals surface area (Å²) in [5, 5.41) is 17.3. The molecule has 0 saturated carbocycles. The average Bonchev–Trinajstić information content (AvgIpc) is 2.87. The summed E-state index contributed by atoms with van der Waals surface area (Å²) < 4.78 is 0. The Kier molecular flexibility index (Phi) is 2.35. The minimum absolute atomic E-state index is 0.689. The van der Waals surface area contributed by atoms with E-state index in [1.807, 2.05) is 42.6 Å². The quantitative estimate of drug-likeness (QED) is 0.700. The highest BCUT2D eigenvalue weighted by atomic mass is 15.1. The molecule has 0 spiro atoms. The van der Waals surface area contributed by atoms with Gasteiger partial charge in [-0.2, -0.15) is 10.4 Å². The van der Waals surface area contributed by atoms with Gasteiger partial charge < -0.3 is 0 Å². The summed E-state index contributed by atoms with van der Waals surface area (Å²) in [5.74, 6) is 0. The van der Waals surface area contributed by atoms with Gasteiger partial charge in [0.1, 0.15) is 0 Å². The molecule has 3 aromatic rings. The van der Waals surface area contributed by atoms with Crippen molar-refractivity contribution in [2.24, 2.45) is 0 Å². The van der Waals surface area contributed by atoms with Gasteiger partial charge >= 0.3 is 0 Å². The molecule has 18 heavy (non-hydrogen) atoms. The van der Waals surface area contributed by atoms with Crippen molar-refractivity contribution in [2.45, 2.75) is 6.92 Å². The second-order valence-electron chi connectivity index (χ2n) is 4.25. The molecular formula is C15H11N3. The summed E-state index contributed by atoms with van der Waals surface area (Å²) in [6, 6.07) is 14.0. The second-order valence-corrected chi connectivity index (χ2v) is 4.25. The molecule has 0 radical (unpaired) electrons. The summed E-state index contributed by atoms with van der Waals surface area (Å²) in [5.41, 5.74) is 4.87. The molecule has 0 aliphatic heterocycles. The fraction of sp³-hybridized carbons (Fsp3) is 0.0667. The highest BCUT2D eigenvalue weighted by Gasteiger charge is 2.11. The number of hydrogen-bond donors (Lipinski definition) is 1. The van der Waals surface area contributed by atoms with Crippen molar-refractivity contribution in [3.63, 3.8) is 0 Å². The van der Waals surface area contributed by atoms with Gasteiger partial charge in [0.25, 0.3) is 0 Å². The third kappa shape index (κ3) is 1.47. The molecule has 0 aliphatic rings. The first-order valence-corrected chi connectivity index (χ1v) is 5.73. The summed E-state index contributed by atoms with van der Waals surface area (Å²) >= 11 is 0. The van der Waals surface area contributed by atoms with E-state index in [2.05, 4.69) is 23.2 Å². The van der Waals surface area contributed by atoms with Crippen LogP contribution in [0.5, 0.6) is 0 Å². The number of rotatable bonds is 1. The van der Waals surface area contributed by atoms with Gasteiger partial charge in [0.15, 0.2) is 0 Å². The Morgan fingerprint density at radius 3 is 2.83 bits per heavy atom. The molecule has 0 unspecified atom stereocenters. The van der Waals surface area contributed by atoms with Crippen LogP contribution >= 0.6 is 0 Å². The Morgan fingerprint density at radius 2 is 2.00 bits per heavy atom. The number of aromatic amines is 1. The molecule has 1 heterocycles. The number of H-pyrrole nitrogens is 1. The number of aryl methyl sites for hydroxylation is 1. The van der Waals surface area contributed by atoms with Crippen LogP contribution in [0.4, 0.5) is 0 Å². The lowest BCUT2D eigenvalue weighted by molar-refractivity contribution is 1.12. The third-order valence-electron chi connectivity index (χ3n) is 3.15. The summed E-state index contributed by atoms with van der Waals surface area (Å²) in [4.78, 5) is 0. The molecule has 0 fully saturated rings. The lowest BCUT2D eigenvalue weighted by Gasteiger charge is -2.09. The SMILES string of the molecule is Cc1ccc2[nH]ncc2c1-c1ccccc1C#N. The van der Waals surface area contributed by atoms with Gasteiger partial charge in [0, 0.05) is 10.9 Å². The second kappa shape index (κ2) is 4.01. The predicted molar refractivity (Wildman–Crippen MR) is 71.0 cm³/mol. The zero-order valence-electron chi connectivity index (χ0n) is 9.94. The summed E-state index contributed by atoms with van der Waals surface area (Å²) in [6.07, 6.45) is 1.81. The lowest BCUT2D eigenvalue weighted by Crippen LogP contribution is -1.88. The molecule has 0 bridgehead atoms. The van der Waals surface area contributed by atoms with Crippen molar-refractivity contribution in [3.05, 3.63) is 53.7 Å². The first kappa shape index (κ1) is 10.5. The van der Waals surface area contributed by atoms with Gasteiger partial charge in [0.05, 0.1) is 23.3 Å². The van der Waals surface area contributed by atoms with Crippen LogP contribution in [0.25, 0.3) is 22.0 Å². The molecule has 86 valence electrons. The molecule has 3 rings (SSSR count). The Morgan fingerprint density at radius 1 is 1.17 bits per heavy atom. The summed E-state index contributed by atoms with van der Waals surface area (Å²) in [6.45, 7) is 2.05.